The maximum atomic E-state index is 12.1. The van der Waals surface area contributed by atoms with Crippen molar-refractivity contribution >= 4 is 32.2 Å². The second-order valence-electron chi connectivity index (χ2n) is 3.31. The molecule has 2 aromatic rings. The van der Waals surface area contributed by atoms with Gasteiger partial charge in [0.1, 0.15) is 11.0 Å². The van der Waals surface area contributed by atoms with Crippen molar-refractivity contribution in [2.45, 2.75) is 4.90 Å². The van der Waals surface area contributed by atoms with Crippen LogP contribution in [0.15, 0.2) is 34.7 Å². The molecule has 6 nitrogen and oxygen atoms in total. The zero-order valence-corrected chi connectivity index (χ0v) is 10.6. The molecule has 1 aromatic carbocycles. The van der Waals surface area contributed by atoms with Gasteiger partial charge in [0, 0.05) is 17.3 Å². The van der Waals surface area contributed by atoms with Crippen molar-refractivity contribution in [2.24, 2.45) is 0 Å². The molecule has 18 heavy (non-hydrogen) atoms. The first-order valence-corrected chi connectivity index (χ1v) is 7.11. The Kier molecular flexibility index (Phi) is 3.18. The standard InChI is InChI=1S/C10H8N4O2S2/c11-6-7-5-8(12)1-2-9(7)18(15,16)14-10-13-3-4-17-10/h1-5H,12H2,(H,13,14). The number of thiazole rings is 1. The van der Waals surface area contributed by atoms with Crippen molar-refractivity contribution in [1.29, 1.82) is 5.26 Å². The summed E-state index contributed by atoms with van der Waals surface area (Å²) in [5.74, 6) is 0. The van der Waals surface area contributed by atoms with E-state index in [1.165, 1.54) is 24.4 Å². The van der Waals surface area contributed by atoms with Crippen LogP contribution >= 0.6 is 11.3 Å². The van der Waals surface area contributed by atoms with E-state index in [9.17, 15) is 8.42 Å². The molecule has 0 aliphatic rings. The molecule has 1 heterocycles. The summed E-state index contributed by atoms with van der Waals surface area (Å²) in [5.41, 5.74) is 5.84. The lowest BCUT2D eigenvalue weighted by molar-refractivity contribution is 0.601. The largest absolute Gasteiger partial charge is 0.399 e. The predicted molar refractivity (Wildman–Crippen MR) is 68.5 cm³/mol. The summed E-state index contributed by atoms with van der Waals surface area (Å²) in [6.07, 6.45) is 1.48. The van der Waals surface area contributed by atoms with Gasteiger partial charge in [-0.05, 0) is 18.2 Å². The van der Waals surface area contributed by atoms with Crippen LogP contribution in [0.3, 0.4) is 0 Å². The third kappa shape index (κ3) is 2.42. The van der Waals surface area contributed by atoms with E-state index in [1.54, 1.807) is 11.4 Å². The Bertz CT molecular complexity index is 702. The average Bonchev–Trinajstić information content (AvgIpc) is 2.80. The predicted octanol–water partition coefficient (Wildman–Crippen LogP) is 1.40. The molecule has 92 valence electrons. The minimum atomic E-state index is -3.82. The molecule has 0 spiro atoms. The summed E-state index contributed by atoms with van der Waals surface area (Å²) in [5, 5.41) is 10.8. The zero-order valence-electron chi connectivity index (χ0n) is 8.99. The van der Waals surface area contributed by atoms with Gasteiger partial charge in [-0.25, -0.2) is 13.4 Å². The Morgan fingerprint density at radius 3 is 2.83 bits per heavy atom. The number of nitriles is 1. The fourth-order valence-corrected chi connectivity index (χ4v) is 3.24. The third-order valence-electron chi connectivity index (χ3n) is 2.07. The molecule has 0 bridgehead atoms. The highest BCUT2D eigenvalue weighted by Crippen LogP contribution is 2.22. The van der Waals surface area contributed by atoms with Crippen LogP contribution in [-0.4, -0.2) is 13.4 Å². The second kappa shape index (κ2) is 4.64. The van der Waals surface area contributed by atoms with Crippen molar-refractivity contribution in [2.75, 3.05) is 10.5 Å². The SMILES string of the molecule is N#Cc1cc(N)ccc1S(=O)(=O)Nc1nccs1. The van der Waals surface area contributed by atoms with Gasteiger partial charge in [-0.15, -0.1) is 11.3 Å². The number of rotatable bonds is 3. The maximum Gasteiger partial charge on any atom is 0.264 e. The van der Waals surface area contributed by atoms with Crippen molar-refractivity contribution < 1.29 is 8.42 Å². The first kappa shape index (κ1) is 12.3. The van der Waals surface area contributed by atoms with Crippen LogP contribution in [0.4, 0.5) is 10.8 Å². The average molecular weight is 280 g/mol. The summed E-state index contributed by atoms with van der Waals surface area (Å²) in [6, 6.07) is 5.85. The number of nitrogens with zero attached hydrogens (tertiary/aromatic N) is 2. The van der Waals surface area contributed by atoms with Crippen LogP contribution in [0.1, 0.15) is 5.56 Å². The third-order valence-corrected chi connectivity index (χ3v) is 4.28. The summed E-state index contributed by atoms with van der Waals surface area (Å²) in [4.78, 5) is 3.70. The summed E-state index contributed by atoms with van der Waals surface area (Å²) < 4.78 is 26.4. The fourth-order valence-electron chi connectivity index (χ4n) is 1.31. The van der Waals surface area contributed by atoms with Crippen LogP contribution in [-0.2, 0) is 10.0 Å². The smallest absolute Gasteiger partial charge is 0.264 e. The van der Waals surface area contributed by atoms with Crippen LogP contribution < -0.4 is 10.5 Å². The highest BCUT2D eigenvalue weighted by Gasteiger charge is 2.19. The summed E-state index contributed by atoms with van der Waals surface area (Å²) in [7, 11) is -3.82. The highest BCUT2D eigenvalue weighted by atomic mass is 32.2. The number of aromatic nitrogens is 1. The van der Waals surface area contributed by atoms with Gasteiger partial charge in [0.2, 0.25) is 0 Å². The Morgan fingerprint density at radius 1 is 1.44 bits per heavy atom. The number of anilines is 2. The first-order chi connectivity index (χ1) is 8.53. The number of nitrogens with one attached hydrogen (secondary N) is 1. The van der Waals surface area contributed by atoms with Crippen molar-refractivity contribution in [1.82, 2.24) is 4.98 Å². The number of nitrogens with two attached hydrogens (primary N) is 1. The Labute approximate surface area is 108 Å². The zero-order chi connectivity index (χ0) is 13.2. The Morgan fingerprint density at radius 2 is 2.22 bits per heavy atom. The van der Waals surface area contributed by atoms with Crippen molar-refractivity contribution in [3.8, 4) is 6.07 Å². The number of benzene rings is 1. The molecule has 0 aliphatic heterocycles. The lowest BCUT2D eigenvalue weighted by Crippen LogP contribution is -2.14. The van der Waals surface area contributed by atoms with Crippen LogP contribution in [0.25, 0.3) is 0 Å². The number of nitrogen functional groups attached to an aromatic ring is 1. The molecule has 0 radical (unpaired) electrons. The van der Waals surface area contributed by atoms with E-state index in [-0.39, 0.29) is 15.6 Å². The van der Waals surface area contributed by atoms with Gasteiger partial charge < -0.3 is 5.73 Å². The molecule has 2 rings (SSSR count). The van der Waals surface area contributed by atoms with Gasteiger partial charge in [0.25, 0.3) is 10.0 Å². The lowest BCUT2D eigenvalue weighted by Gasteiger charge is -2.07. The molecule has 1 aromatic heterocycles. The van der Waals surface area contributed by atoms with Gasteiger partial charge in [-0.2, -0.15) is 5.26 Å². The van der Waals surface area contributed by atoms with Gasteiger partial charge >= 0.3 is 0 Å². The van der Waals surface area contributed by atoms with E-state index in [1.807, 2.05) is 0 Å². The molecule has 0 fully saturated rings. The van der Waals surface area contributed by atoms with Crippen LogP contribution in [0, 0.1) is 11.3 Å². The summed E-state index contributed by atoms with van der Waals surface area (Å²) in [6.45, 7) is 0. The molecule has 3 N–H and O–H groups in total. The van der Waals surface area contributed by atoms with E-state index in [4.69, 9.17) is 11.0 Å². The lowest BCUT2D eigenvalue weighted by atomic mass is 10.2. The monoisotopic (exact) mass is 280 g/mol. The second-order valence-corrected chi connectivity index (χ2v) is 5.86. The van der Waals surface area contributed by atoms with Crippen LogP contribution in [0.5, 0.6) is 0 Å². The Balaban J connectivity index is 2.45. The fraction of sp³-hybridized carbons (Fsp3) is 0. The molecule has 8 heteroatoms. The molecule has 0 aliphatic carbocycles. The van der Waals surface area contributed by atoms with Gasteiger partial charge in [-0.3, -0.25) is 4.72 Å². The topological polar surface area (TPSA) is 109 Å². The van der Waals surface area contributed by atoms with Gasteiger partial charge in [0.05, 0.1) is 5.56 Å². The van der Waals surface area contributed by atoms with E-state index < -0.39 is 10.0 Å². The van der Waals surface area contributed by atoms with E-state index >= 15 is 0 Å². The molecular weight excluding hydrogens is 272 g/mol. The normalized spacial score (nSPS) is 10.8. The van der Waals surface area contributed by atoms with Crippen LogP contribution in [0.2, 0.25) is 0 Å². The van der Waals surface area contributed by atoms with Crippen molar-refractivity contribution in [3.63, 3.8) is 0 Å². The molecule has 0 saturated heterocycles. The maximum absolute atomic E-state index is 12.1. The molecule has 0 atom stereocenters. The van der Waals surface area contributed by atoms with Gasteiger partial charge in [-0.1, -0.05) is 0 Å². The van der Waals surface area contributed by atoms with E-state index in [0.717, 1.165) is 11.3 Å². The van der Waals surface area contributed by atoms with Crippen molar-refractivity contribution in [3.05, 3.63) is 35.3 Å². The molecule has 0 unspecified atom stereocenters. The Hall–Kier alpha value is -2.11. The quantitative estimate of drug-likeness (QED) is 0.826. The van der Waals surface area contributed by atoms with E-state index in [0.29, 0.717) is 5.69 Å². The first-order valence-electron chi connectivity index (χ1n) is 4.75. The number of hydrogen-bond donors (Lipinski definition) is 2. The summed E-state index contributed by atoms with van der Waals surface area (Å²) >= 11 is 1.15. The van der Waals surface area contributed by atoms with Gasteiger partial charge in [0.15, 0.2) is 5.13 Å². The number of hydrogen-bond acceptors (Lipinski definition) is 6. The minimum Gasteiger partial charge on any atom is -0.399 e. The molecule has 0 amide bonds. The molecule has 0 saturated carbocycles. The molecular formula is C10H8N4O2S2. The number of sulfonamides is 1. The highest BCUT2D eigenvalue weighted by molar-refractivity contribution is 7.93. The minimum absolute atomic E-state index is 0.000874. The van der Waals surface area contributed by atoms with E-state index in [2.05, 4.69) is 9.71 Å².